The average Bonchev–Trinajstić information content (AvgIpc) is 2.61. The summed E-state index contributed by atoms with van der Waals surface area (Å²) in [7, 11) is -1.58. The van der Waals surface area contributed by atoms with E-state index in [1.165, 1.54) is 4.31 Å². The van der Waals surface area contributed by atoms with E-state index in [1.807, 2.05) is 11.4 Å². The fourth-order valence-electron chi connectivity index (χ4n) is 1.18. The van der Waals surface area contributed by atoms with Crippen molar-refractivity contribution in [3.05, 3.63) is 20.8 Å². The average molecular weight is 347 g/mol. The maximum absolute atomic E-state index is 11.8. The molecule has 1 heterocycles. The molecule has 3 nitrogen and oxygen atoms in total. The maximum Gasteiger partial charge on any atom is 0.214 e. The SMILES string of the molecule is CN(Cc1csc(Br)c1)S(=O)(=O)CCCCl. The first-order valence-corrected chi connectivity index (χ1v) is 8.50. The Kier molecular flexibility index (Phi) is 5.73. The fraction of sp³-hybridized carbons (Fsp3) is 0.556. The van der Waals surface area contributed by atoms with Gasteiger partial charge in [-0.25, -0.2) is 12.7 Å². The molecule has 0 spiro atoms. The van der Waals surface area contributed by atoms with E-state index < -0.39 is 10.0 Å². The highest BCUT2D eigenvalue weighted by atomic mass is 79.9. The van der Waals surface area contributed by atoms with Crippen molar-refractivity contribution in [1.29, 1.82) is 0 Å². The molecule has 0 atom stereocenters. The van der Waals surface area contributed by atoms with Gasteiger partial charge in [0.05, 0.1) is 9.54 Å². The van der Waals surface area contributed by atoms with E-state index in [0.29, 0.717) is 18.8 Å². The minimum Gasteiger partial charge on any atom is -0.212 e. The number of hydrogen-bond donors (Lipinski definition) is 0. The lowest BCUT2D eigenvalue weighted by Crippen LogP contribution is -2.28. The predicted molar refractivity (Wildman–Crippen MR) is 72.6 cm³/mol. The van der Waals surface area contributed by atoms with Crippen molar-refractivity contribution in [2.45, 2.75) is 13.0 Å². The number of halogens is 2. The molecular formula is C9H13BrClNO2S2. The molecule has 0 fully saturated rings. The summed E-state index contributed by atoms with van der Waals surface area (Å²) in [5.41, 5.74) is 0.994. The van der Waals surface area contributed by atoms with Crippen LogP contribution in [-0.4, -0.2) is 31.4 Å². The Morgan fingerprint density at radius 3 is 2.75 bits per heavy atom. The van der Waals surface area contributed by atoms with Gasteiger partial charge in [0, 0.05) is 19.5 Å². The summed E-state index contributed by atoms with van der Waals surface area (Å²) in [4.78, 5) is 0. The standard InChI is InChI=1S/C9H13BrClNO2S2/c1-12(16(13,14)4-2-3-11)6-8-5-9(10)15-7-8/h5,7H,2-4,6H2,1H3. The minimum absolute atomic E-state index is 0.109. The molecule has 0 N–H and O–H groups in total. The van der Waals surface area contributed by atoms with Gasteiger partial charge < -0.3 is 0 Å². The number of hydrogen-bond acceptors (Lipinski definition) is 3. The van der Waals surface area contributed by atoms with Crippen LogP contribution >= 0.6 is 38.9 Å². The van der Waals surface area contributed by atoms with Gasteiger partial charge >= 0.3 is 0 Å². The second kappa shape index (κ2) is 6.35. The molecule has 1 rings (SSSR count). The van der Waals surface area contributed by atoms with Crippen LogP contribution in [0, 0.1) is 0 Å². The van der Waals surface area contributed by atoms with E-state index in [0.717, 1.165) is 9.35 Å². The molecule has 1 aromatic heterocycles. The van der Waals surface area contributed by atoms with Crippen molar-refractivity contribution in [2.75, 3.05) is 18.7 Å². The molecule has 7 heteroatoms. The van der Waals surface area contributed by atoms with Crippen molar-refractivity contribution < 1.29 is 8.42 Å². The Labute approximate surface area is 114 Å². The van der Waals surface area contributed by atoms with Gasteiger partial charge in [-0.3, -0.25) is 0 Å². The van der Waals surface area contributed by atoms with E-state index in [2.05, 4.69) is 15.9 Å². The van der Waals surface area contributed by atoms with Gasteiger partial charge in [0.2, 0.25) is 10.0 Å². The van der Waals surface area contributed by atoms with Crippen LogP contribution in [0.25, 0.3) is 0 Å². The van der Waals surface area contributed by atoms with Gasteiger partial charge in [0.15, 0.2) is 0 Å². The van der Waals surface area contributed by atoms with E-state index in [1.54, 1.807) is 18.4 Å². The second-order valence-corrected chi connectivity index (χ2v) is 8.24. The van der Waals surface area contributed by atoms with Gasteiger partial charge in [-0.15, -0.1) is 22.9 Å². The normalized spacial score (nSPS) is 12.2. The molecule has 0 saturated heterocycles. The van der Waals surface area contributed by atoms with Crippen LogP contribution < -0.4 is 0 Å². The second-order valence-electron chi connectivity index (χ2n) is 3.37. The van der Waals surface area contributed by atoms with Gasteiger partial charge in [-0.2, -0.15) is 0 Å². The van der Waals surface area contributed by atoms with E-state index in [4.69, 9.17) is 11.6 Å². The topological polar surface area (TPSA) is 37.4 Å². The maximum atomic E-state index is 11.8. The molecule has 92 valence electrons. The molecule has 0 amide bonds. The highest BCUT2D eigenvalue weighted by Gasteiger charge is 2.17. The number of rotatable bonds is 6. The zero-order valence-corrected chi connectivity index (χ0v) is 12.8. The van der Waals surface area contributed by atoms with Crippen molar-refractivity contribution in [3.63, 3.8) is 0 Å². The molecule has 0 radical (unpaired) electrons. The molecule has 0 saturated carbocycles. The Balaban J connectivity index is 2.61. The van der Waals surface area contributed by atoms with Crippen molar-refractivity contribution in [2.24, 2.45) is 0 Å². The Hall–Kier alpha value is 0.380. The molecule has 1 aromatic rings. The van der Waals surface area contributed by atoms with Crippen LogP contribution in [0.3, 0.4) is 0 Å². The lowest BCUT2D eigenvalue weighted by Gasteiger charge is -2.15. The molecule has 0 unspecified atom stereocenters. The molecule has 0 bridgehead atoms. The summed E-state index contributed by atoms with van der Waals surface area (Å²) in [5, 5.41) is 1.94. The monoisotopic (exact) mass is 345 g/mol. The van der Waals surface area contributed by atoms with Crippen LogP contribution in [-0.2, 0) is 16.6 Å². The third-order valence-electron chi connectivity index (χ3n) is 2.04. The molecule has 0 aromatic carbocycles. The quantitative estimate of drug-likeness (QED) is 0.743. The van der Waals surface area contributed by atoms with Crippen LogP contribution in [0.5, 0.6) is 0 Å². The summed E-state index contributed by atoms with van der Waals surface area (Å²) in [6.07, 6.45) is 0.488. The third kappa shape index (κ3) is 4.33. The fourth-order valence-corrected chi connectivity index (χ4v) is 3.84. The number of nitrogens with zero attached hydrogens (tertiary/aromatic N) is 1. The minimum atomic E-state index is -3.17. The predicted octanol–water partition coefficient (Wildman–Crippen LogP) is 2.90. The Morgan fingerprint density at radius 1 is 1.56 bits per heavy atom. The van der Waals surface area contributed by atoms with E-state index in [9.17, 15) is 8.42 Å². The number of alkyl halides is 1. The number of thiophene rings is 1. The first kappa shape index (κ1) is 14.4. The summed E-state index contributed by atoms with van der Waals surface area (Å²) >= 11 is 10.4. The summed E-state index contributed by atoms with van der Waals surface area (Å²) in [6.45, 7) is 0.409. The molecule has 0 aliphatic rings. The van der Waals surface area contributed by atoms with Gasteiger partial charge in [-0.1, -0.05) is 0 Å². The van der Waals surface area contributed by atoms with Crippen LogP contribution in [0.15, 0.2) is 15.2 Å². The largest absolute Gasteiger partial charge is 0.214 e. The Morgan fingerprint density at radius 2 is 2.25 bits per heavy atom. The summed E-state index contributed by atoms with van der Waals surface area (Å²) in [6, 6.07) is 1.93. The van der Waals surface area contributed by atoms with Gasteiger partial charge in [-0.05, 0) is 39.4 Å². The van der Waals surface area contributed by atoms with Crippen molar-refractivity contribution in [1.82, 2.24) is 4.31 Å². The zero-order valence-electron chi connectivity index (χ0n) is 8.82. The zero-order chi connectivity index (χ0) is 12.2. The highest BCUT2D eigenvalue weighted by Crippen LogP contribution is 2.22. The summed E-state index contributed by atoms with van der Waals surface area (Å²) < 4.78 is 25.9. The lowest BCUT2D eigenvalue weighted by atomic mass is 10.3. The van der Waals surface area contributed by atoms with Crippen LogP contribution in [0.2, 0.25) is 0 Å². The van der Waals surface area contributed by atoms with E-state index >= 15 is 0 Å². The van der Waals surface area contributed by atoms with Crippen molar-refractivity contribution >= 4 is 48.9 Å². The molecule has 0 aliphatic heterocycles. The van der Waals surface area contributed by atoms with Gasteiger partial charge in [0.25, 0.3) is 0 Å². The smallest absolute Gasteiger partial charge is 0.212 e. The first-order valence-electron chi connectivity index (χ1n) is 4.68. The van der Waals surface area contributed by atoms with Crippen LogP contribution in [0.1, 0.15) is 12.0 Å². The van der Waals surface area contributed by atoms with Gasteiger partial charge in [0.1, 0.15) is 0 Å². The number of sulfonamides is 1. The molecular weight excluding hydrogens is 334 g/mol. The van der Waals surface area contributed by atoms with Crippen LogP contribution in [0.4, 0.5) is 0 Å². The lowest BCUT2D eigenvalue weighted by molar-refractivity contribution is 0.466. The summed E-state index contributed by atoms with van der Waals surface area (Å²) in [5.74, 6) is 0.482. The van der Waals surface area contributed by atoms with E-state index in [-0.39, 0.29) is 5.75 Å². The highest BCUT2D eigenvalue weighted by molar-refractivity contribution is 9.11. The molecule has 16 heavy (non-hydrogen) atoms. The Bertz CT molecular complexity index is 432. The third-order valence-corrected chi connectivity index (χ3v) is 5.74. The molecule has 0 aliphatic carbocycles. The van der Waals surface area contributed by atoms with Crippen molar-refractivity contribution in [3.8, 4) is 0 Å². The first-order chi connectivity index (χ1) is 7.45.